The van der Waals surface area contributed by atoms with Gasteiger partial charge in [-0.3, -0.25) is 4.79 Å². The maximum Gasteiger partial charge on any atom is 0.141 e. The fourth-order valence-corrected chi connectivity index (χ4v) is 6.50. The summed E-state index contributed by atoms with van der Waals surface area (Å²) in [4.78, 5) is 17.8. The Bertz CT molecular complexity index is 882. The maximum atomic E-state index is 14.6. The van der Waals surface area contributed by atoms with Gasteiger partial charge in [0.2, 0.25) is 0 Å². The molecule has 0 radical (unpaired) electrons. The van der Waals surface area contributed by atoms with Gasteiger partial charge in [0.25, 0.3) is 0 Å². The maximum absolute atomic E-state index is 14.6. The largest absolute Gasteiger partial charge is 0.322 e. The fourth-order valence-electron chi connectivity index (χ4n) is 6.50. The standard InChI is InChI=1S/C21H22FN3O/c22-16-3-1-2-15-18-10-23-11-25(18)17(20(15)16)6-19(26)21-7-12-4-13(8-21)24-14(5-12)9-21/h1-3,10-14,17,24H,4-9H2. The van der Waals surface area contributed by atoms with E-state index in [9.17, 15) is 9.18 Å². The minimum absolute atomic E-state index is 0.184. The number of nitrogens with one attached hydrogen (secondary N) is 1. The zero-order valence-corrected chi connectivity index (χ0v) is 14.6. The molecule has 5 heteroatoms. The summed E-state index contributed by atoms with van der Waals surface area (Å²) in [5.74, 6) is 0.810. The number of fused-ring (bicyclic) bond motifs is 3. The quantitative estimate of drug-likeness (QED) is 0.921. The number of halogens is 1. The SMILES string of the molecule is O=C(CC1c2c(F)cccc2-c2cncn21)C12CC3CC(C1)NC(C3)C2. The van der Waals surface area contributed by atoms with E-state index >= 15 is 0 Å². The van der Waals surface area contributed by atoms with Crippen molar-refractivity contribution in [3.8, 4) is 11.3 Å². The van der Waals surface area contributed by atoms with E-state index in [1.165, 1.54) is 18.9 Å². The number of benzene rings is 1. The first-order valence-electron chi connectivity index (χ1n) is 9.73. The van der Waals surface area contributed by atoms with Crippen LogP contribution in [0, 0.1) is 17.2 Å². The predicted octanol–water partition coefficient (Wildman–Crippen LogP) is 3.47. The van der Waals surface area contributed by atoms with Gasteiger partial charge in [0.05, 0.1) is 24.3 Å². The smallest absolute Gasteiger partial charge is 0.141 e. The van der Waals surface area contributed by atoms with Crippen LogP contribution in [0.3, 0.4) is 0 Å². The fraction of sp³-hybridized carbons (Fsp3) is 0.524. The number of aromatic nitrogens is 2. The second kappa shape index (κ2) is 5.03. The lowest BCUT2D eigenvalue weighted by molar-refractivity contribution is -0.140. The van der Waals surface area contributed by atoms with Gasteiger partial charge in [0.15, 0.2) is 0 Å². The number of hydrogen-bond donors (Lipinski definition) is 1. The van der Waals surface area contributed by atoms with Crippen LogP contribution in [0.4, 0.5) is 4.39 Å². The number of Topliss-reactive ketones (excluding diaryl/α,β-unsaturated/α-hetero) is 1. The summed E-state index contributed by atoms with van der Waals surface area (Å²) in [7, 11) is 0. The van der Waals surface area contributed by atoms with Gasteiger partial charge in [-0.25, -0.2) is 9.37 Å². The van der Waals surface area contributed by atoms with Crippen molar-refractivity contribution in [2.24, 2.45) is 11.3 Å². The molecule has 7 rings (SSSR count). The molecule has 3 atom stereocenters. The molecular formula is C21H22FN3O. The Morgan fingerprint density at radius 1 is 1.27 bits per heavy atom. The molecule has 1 N–H and O–H groups in total. The van der Waals surface area contributed by atoms with Gasteiger partial charge >= 0.3 is 0 Å². The Morgan fingerprint density at radius 3 is 2.85 bits per heavy atom. The molecule has 2 aliphatic carbocycles. The second-order valence-electron chi connectivity index (χ2n) is 8.82. The van der Waals surface area contributed by atoms with E-state index in [0.717, 1.165) is 30.5 Å². The third kappa shape index (κ3) is 1.92. The van der Waals surface area contributed by atoms with Crippen molar-refractivity contribution >= 4 is 5.78 Å². The second-order valence-corrected chi connectivity index (χ2v) is 8.82. The first kappa shape index (κ1) is 15.1. The number of rotatable bonds is 3. The van der Waals surface area contributed by atoms with Crippen molar-refractivity contribution in [3.05, 3.63) is 42.1 Å². The number of nitrogens with zero attached hydrogens (tertiary/aromatic N) is 2. The lowest BCUT2D eigenvalue weighted by Crippen LogP contribution is -2.62. The van der Waals surface area contributed by atoms with Crippen LogP contribution < -0.4 is 5.32 Å². The molecule has 4 fully saturated rings. The summed E-state index contributed by atoms with van der Waals surface area (Å²) in [5.41, 5.74) is 2.29. The number of piperidine rings is 2. The summed E-state index contributed by atoms with van der Waals surface area (Å²) in [6.07, 6.45) is 9.30. The average molecular weight is 351 g/mol. The molecule has 2 saturated heterocycles. The average Bonchev–Trinajstić information content (AvgIpc) is 3.17. The van der Waals surface area contributed by atoms with E-state index in [1.807, 2.05) is 10.6 Å². The molecule has 2 saturated carbocycles. The van der Waals surface area contributed by atoms with Crippen molar-refractivity contribution in [2.45, 2.75) is 56.7 Å². The molecule has 5 aliphatic rings. The third-order valence-electron chi connectivity index (χ3n) is 7.29. The van der Waals surface area contributed by atoms with Gasteiger partial charge in [0, 0.05) is 35.0 Å². The van der Waals surface area contributed by atoms with E-state index in [-0.39, 0.29) is 17.3 Å². The van der Waals surface area contributed by atoms with Crippen LogP contribution in [0.25, 0.3) is 11.3 Å². The Morgan fingerprint density at radius 2 is 2.08 bits per heavy atom. The topological polar surface area (TPSA) is 46.9 Å². The van der Waals surface area contributed by atoms with E-state index in [0.29, 0.717) is 35.8 Å². The lowest BCUT2D eigenvalue weighted by atomic mass is 9.54. The molecule has 2 aromatic rings. The van der Waals surface area contributed by atoms with Crippen molar-refractivity contribution in [1.29, 1.82) is 0 Å². The van der Waals surface area contributed by atoms with E-state index in [1.54, 1.807) is 18.6 Å². The minimum Gasteiger partial charge on any atom is -0.322 e. The number of hydrogen-bond acceptors (Lipinski definition) is 3. The normalized spacial score (nSPS) is 36.2. The van der Waals surface area contributed by atoms with Gasteiger partial charge in [-0.05, 0) is 44.1 Å². The predicted molar refractivity (Wildman–Crippen MR) is 95.1 cm³/mol. The van der Waals surface area contributed by atoms with Crippen LogP contribution in [-0.4, -0.2) is 27.4 Å². The Hall–Kier alpha value is -2.01. The number of carbonyl (C=O) groups excluding carboxylic acids is 1. The molecule has 3 unspecified atom stereocenters. The summed E-state index contributed by atoms with van der Waals surface area (Å²) in [6.45, 7) is 0. The Kier molecular flexibility index (Phi) is 2.92. The highest BCUT2D eigenvalue weighted by atomic mass is 19.1. The minimum atomic E-state index is -0.253. The van der Waals surface area contributed by atoms with E-state index in [2.05, 4.69) is 10.3 Å². The number of ketones is 1. The molecule has 1 aromatic heterocycles. The van der Waals surface area contributed by atoms with Gasteiger partial charge in [0.1, 0.15) is 11.6 Å². The van der Waals surface area contributed by atoms with Crippen molar-refractivity contribution in [2.75, 3.05) is 0 Å². The van der Waals surface area contributed by atoms with Crippen LogP contribution >= 0.6 is 0 Å². The van der Waals surface area contributed by atoms with Crippen molar-refractivity contribution < 1.29 is 9.18 Å². The zero-order valence-electron chi connectivity index (χ0n) is 14.6. The van der Waals surface area contributed by atoms with Crippen LogP contribution in [0.15, 0.2) is 30.7 Å². The van der Waals surface area contributed by atoms with Gasteiger partial charge in [-0.15, -0.1) is 0 Å². The Balaban J connectivity index is 1.36. The van der Waals surface area contributed by atoms with Crippen LogP contribution in [0.5, 0.6) is 0 Å². The summed E-state index contributed by atoms with van der Waals surface area (Å²) in [5, 5.41) is 3.70. The van der Waals surface area contributed by atoms with E-state index in [4.69, 9.17) is 0 Å². The molecule has 4 heterocycles. The lowest BCUT2D eigenvalue weighted by Gasteiger charge is -2.56. The summed E-state index contributed by atoms with van der Waals surface area (Å²) in [6, 6.07) is 5.93. The van der Waals surface area contributed by atoms with Gasteiger partial charge < -0.3 is 9.88 Å². The first-order valence-corrected chi connectivity index (χ1v) is 9.73. The number of imidazole rings is 1. The molecule has 26 heavy (non-hydrogen) atoms. The highest BCUT2D eigenvalue weighted by Gasteiger charge is 2.54. The van der Waals surface area contributed by atoms with Crippen LogP contribution in [0.2, 0.25) is 0 Å². The van der Waals surface area contributed by atoms with E-state index < -0.39 is 0 Å². The monoisotopic (exact) mass is 351 g/mol. The molecule has 0 spiro atoms. The van der Waals surface area contributed by atoms with Gasteiger partial charge in [-0.2, -0.15) is 0 Å². The summed E-state index contributed by atoms with van der Waals surface area (Å²) >= 11 is 0. The third-order valence-corrected chi connectivity index (χ3v) is 7.29. The molecule has 1 aromatic carbocycles. The molecule has 3 aliphatic heterocycles. The van der Waals surface area contributed by atoms with Crippen LogP contribution in [0.1, 0.15) is 50.1 Å². The molecular weight excluding hydrogens is 329 g/mol. The molecule has 134 valence electrons. The molecule has 4 bridgehead atoms. The number of carbonyl (C=O) groups is 1. The van der Waals surface area contributed by atoms with Crippen molar-refractivity contribution in [1.82, 2.24) is 14.9 Å². The molecule has 0 amide bonds. The van der Waals surface area contributed by atoms with Crippen LogP contribution in [-0.2, 0) is 4.79 Å². The summed E-state index contributed by atoms with van der Waals surface area (Å²) < 4.78 is 16.6. The molecule has 4 nitrogen and oxygen atoms in total. The highest BCUT2D eigenvalue weighted by Crippen LogP contribution is 2.54. The highest BCUT2D eigenvalue weighted by molar-refractivity contribution is 5.87. The van der Waals surface area contributed by atoms with Gasteiger partial charge in [-0.1, -0.05) is 12.1 Å². The zero-order chi connectivity index (χ0) is 17.5. The first-order chi connectivity index (χ1) is 12.6. The van der Waals surface area contributed by atoms with Crippen molar-refractivity contribution in [3.63, 3.8) is 0 Å². The Labute approximate surface area is 151 Å².